The highest BCUT2D eigenvalue weighted by molar-refractivity contribution is 5.42. The lowest BCUT2D eigenvalue weighted by molar-refractivity contribution is -0.0393. The van der Waals surface area contributed by atoms with Gasteiger partial charge in [0.05, 0.1) is 13.2 Å². The molecule has 4 nitrogen and oxygen atoms in total. The molecule has 0 radical (unpaired) electrons. The summed E-state index contributed by atoms with van der Waals surface area (Å²) in [4.78, 5) is 0. The Morgan fingerprint density at radius 2 is 1.21 bits per heavy atom. The van der Waals surface area contributed by atoms with Crippen LogP contribution in [0, 0.1) is 0 Å². The second kappa shape index (κ2) is 8.54. The van der Waals surface area contributed by atoms with Crippen LogP contribution >= 0.6 is 0 Å². The van der Waals surface area contributed by atoms with Gasteiger partial charge >= 0.3 is 0 Å². The van der Waals surface area contributed by atoms with E-state index in [2.05, 4.69) is 62.4 Å². The lowest BCUT2D eigenvalue weighted by Crippen LogP contribution is -2.22. The van der Waals surface area contributed by atoms with Crippen LogP contribution in [0.3, 0.4) is 0 Å². The van der Waals surface area contributed by atoms with Crippen LogP contribution in [0.1, 0.15) is 57.1 Å². The molecule has 28 heavy (non-hydrogen) atoms. The Bertz CT molecular complexity index is 680. The average Bonchev–Trinajstić information content (AvgIpc) is 3.43. The van der Waals surface area contributed by atoms with Gasteiger partial charge in [-0.2, -0.15) is 0 Å². The smallest absolute Gasteiger partial charge is 0.199 e. The van der Waals surface area contributed by atoms with E-state index in [9.17, 15) is 0 Å². The van der Waals surface area contributed by atoms with Gasteiger partial charge in [-0.25, -0.2) is 0 Å². The number of hydrogen-bond acceptors (Lipinski definition) is 4. The maximum Gasteiger partial charge on any atom is 0.199 e. The third-order valence-corrected chi connectivity index (χ3v) is 6.00. The van der Waals surface area contributed by atoms with E-state index in [0.29, 0.717) is 0 Å². The maximum atomic E-state index is 5.91. The molecule has 0 aliphatic carbocycles. The van der Waals surface area contributed by atoms with Gasteiger partial charge in [0.2, 0.25) is 0 Å². The Balaban J connectivity index is 1.47. The van der Waals surface area contributed by atoms with Crippen molar-refractivity contribution in [2.75, 3.05) is 13.2 Å². The van der Waals surface area contributed by atoms with Crippen LogP contribution in [-0.2, 0) is 14.9 Å². The fraction of sp³-hybridized carbons (Fsp3) is 0.500. The van der Waals surface area contributed by atoms with E-state index in [1.165, 1.54) is 11.1 Å². The summed E-state index contributed by atoms with van der Waals surface area (Å²) < 4.78 is 22.9. The molecule has 0 saturated carbocycles. The topological polar surface area (TPSA) is 36.9 Å². The van der Waals surface area contributed by atoms with E-state index in [1.807, 2.05) is 0 Å². The first kappa shape index (κ1) is 19.3. The van der Waals surface area contributed by atoms with Gasteiger partial charge in [-0.15, -0.1) is 0 Å². The first-order valence-electron chi connectivity index (χ1n) is 10.4. The third-order valence-electron chi connectivity index (χ3n) is 6.00. The SMILES string of the molecule is CCC(C)(c1ccc(OC2CCCO2)cc1)c1ccc(OC2CCCO2)cc1. The minimum absolute atomic E-state index is 0.0647. The van der Waals surface area contributed by atoms with Gasteiger partial charge in [-0.3, -0.25) is 0 Å². The molecule has 0 spiro atoms. The molecule has 2 aliphatic rings. The molecule has 4 rings (SSSR count). The standard InChI is InChI=1S/C24H30O4/c1-3-24(2,18-8-12-20(13-9-18)27-22-6-4-16-25-22)19-10-14-21(15-11-19)28-23-7-5-17-26-23/h8-15,22-23H,3-7,16-17H2,1-2H3. The zero-order valence-corrected chi connectivity index (χ0v) is 16.9. The van der Waals surface area contributed by atoms with Crippen LogP contribution in [0.25, 0.3) is 0 Å². The zero-order chi connectivity index (χ0) is 19.4. The fourth-order valence-electron chi connectivity index (χ4n) is 3.96. The minimum Gasteiger partial charge on any atom is -0.465 e. The van der Waals surface area contributed by atoms with Gasteiger partial charge in [-0.05, 0) is 54.7 Å². The van der Waals surface area contributed by atoms with E-state index in [0.717, 1.165) is 56.8 Å². The molecule has 2 fully saturated rings. The van der Waals surface area contributed by atoms with Crippen molar-refractivity contribution in [3.8, 4) is 11.5 Å². The molecule has 4 heteroatoms. The van der Waals surface area contributed by atoms with Crippen LogP contribution < -0.4 is 9.47 Å². The van der Waals surface area contributed by atoms with Crippen molar-refractivity contribution in [2.24, 2.45) is 0 Å². The minimum atomic E-state index is -0.0974. The van der Waals surface area contributed by atoms with Crippen molar-refractivity contribution in [3.05, 3.63) is 59.7 Å². The molecule has 2 atom stereocenters. The Kier molecular flexibility index (Phi) is 5.88. The van der Waals surface area contributed by atoms with Gasteiger partial charge < -0.3 is 18.9 Å². The normalized spacial score (nSPS) is 24.1. The van der Waals surface area contributed by atoms with Crippen LogP contribution in [0.4, 0.5) is 0 Å². The summed E-state index contributed by atoms with van der Waals surface area (Å²) in [6, 6.07) is 16.9. The second-order valence-corrected chi connectivity index (χ2v) is 7.86. The Hall–Kier alpha value is -2.04. The van der Waals surface area contributed by atoms with Gasteiger partial charge in [-0.1, -0.05) is 38.1 Å². The fourth-order valence-corrected chi connectivity index (χ4v) is 3.96. The first-order valence-corrected chi connectivity index (χ1v) is 10.4. The van der Waals surface area contributed by atoms with Crippen molar-refractivity contribution < 1.29 is 18.9 Å². The molecule has 2 aromatic carbocycles. The van der Waals surface area contributed by atoms with Crippen LogP contribution in [0.2, 0.25) is 0 Å². The number of benzene rings is 2. The predicted molar refractivity (Wildman–Crippen MR) is 109 cm³/mol. The summed E-state index contributed by atoms with van der Waals surface area (Å²) in [5, 5.41) is 0. The molecule has 2 aromatic rings. The summed E-state index contributed by atoms with van der Waals surface area (Å²) in [5.41, 5.74) is 2.50. The maximum absolute atomic E-state index is 5.91. The molecule has 0 aromatic heterocycles. The molecular weight excluding hydrogens is 352 g/mol. The molecular formula is C24H30O4. The third kappa shape index (κ3) is 4.18. The van der Waals surface area contributed by atoms with Crippen molar-refractivity contribution in [3.63, 3.8) is 0 Å². The summed E-state index contributed by atoms with van der Waals surface area (Å²) in [5.74, 6) is 1.74. The monoisotopic (exact) mass is 382 g/mol. The van der Waals surface area contributed by atoms with E-state index in [4.69, 9.17) is 18.9 Å². The van der Waals surface area contributed by atoms with Crippen LogP contribution in [0.5, 0.6) is 11.5 Å². The van der Waals surface area contributed by atoms with E-state index in [-0.39, 0.29) is 18.0 Å². The first-order chi connectivity index (χ1) is 13.7. The van der Waals surface area contributed by atoms with Crippen molar-refractivity contribution in [2.45, 2.75) is 63.9 Å². The number of rotatable bonds is 7. The highest BCUT2D eigenvalue weighted by Gasteiger charge is 2.27. The van der Waals surface area contributed by atoms with Crippen molar-refractivity contribution in [1.29, 1.82) is 0 Å². The average molecular weight is 383 g/mol. The van der Waals surface area contributed by atoms with Crippen molar-refractivity contribution in [1.82, 2.24) is 0 Å². The molecule has 2 aliphatic heterocycles. The predicted octanol–water partition coefficient (Wildman–Crippen LogP) is 5.43. The molecule has 2 heterocycles. The van der Waals surface area contributed by atoms with Crippen LogP contribution in [0.15, 0.2) is 48.5 Å². The summed E-state index contributed by atoms with van der Waals surface area (Å²) in [7, 11) is 0. The van der Waals surface area contributed by atoms with Gasteiger partial charge in [0.1, 0.15) is 11.5 Å². The molecule has 2 saturated heterocycles. The highest BCUT2D eigenvalue weighted by Crippen LogP contribution is 2.37. The lowest BCUT2D eigenvalue weighted by Gasteiger charge is -2.30. The Morgan fingerprint density at radius 1 is 0.786 bits per heavy atom. The van der Waals surface area contributed by atoms with E-state index >= 15 is 0 Å². The Morgan fingerprint density at radius 3 is 1.54 bits per heavy atom. The van der Waals surface area contributed by atoms with E-state index < -0.39 is 0 Å². The summed E-state index contributed by atoms with van der Waals surface area (Å²) >= 11 is 0. The number of hydrogen-bond donors (Lipinski definition) is 0. The molecule has 0 bridgehead atoms. The van der Waals surface area contributed by atoms with E-state index in [1.54, 1.807) is 0 Å². The van der Waals surface area contributed by atoms with Gasteiger partial charge in [0.15, 0.2) is 12.6 Å². The zero-order valence-electron chi connectivity index (χ0n) is 16.9. The quantitative estimate of drug-likeness (QED) is 0.639. The van der Waals surface area contributed by atoms with Gasteiger partial charge in [0.25, 0.3) is 0 Å². The highest BCUT2D eigenvalue weighted by atomic mass is 16.7. The van der Waals surface area contributed by atoms with Crippen LogP contribution in [-0.4, -0.2) is 25.8 Å². The molecule has 150 valence electrons. The van der Waals surface area contributed by atoms with Gasteiger partial charge in [0, 0.05) is 18.3 Å². The second-order valence-electron chi connectivity index (χ2n) is 7.86. The summed E-state index contributed by atoms with van der Waals surface area (Å²) in [6.07, 6.45) is 4.89. The molecule has 2 unspecified atom stereocenters. The Labute approximate surface area is 167 Å². The lowest BCUT2D eigenvalue weighted by atomic mass is 9.74. The molecule has 0 N–H and O–H groups in total. The molecule has 0 amide bonds. The number of ether oxygens (including phenoxy) is 4. The van der Waals surface area contributed by atoms with Crippen molar-refractivity contribution >= 4 is 0 Å². The summed E-state index contributed by atoms with van der Waals surface area (Å²) in [6.45, 7) is 6.11. The largest absolute Gasteiger partial charge is 0.465 e.